The molecular weight excluding hydrogens is 286 g/mol. The van der Waals surface area contributed by atoms with E-state index in [9.17, 15) is 10.1 Å². The van der Waals surface area contributed by atoms with E-state index in [1.807, 2.05) is 0 Å². The van der Waals surface area contributed by atoms with Crippen molar-refractivity contribution >= 4 is 27.3 Å². The van der Waals surface area contributed by atoms with Gasteiger partial charge in [0.2, 0.25) is 0 Å². The Hall–Kier alpha value is -1.17. The first-order valence-electron chi connectivity index (χ1n) is 5.62. The van der Waals surface area contributed by atoms with Gasteiger partial charge in [-0.05, 0) is 34.7 Å². The van der Waals surface area contributed by atoms with Crippen LogP contribution in [-0.4, -0.2) is 23.0 Å². The average molecular weight is 300 g/mol. The molecule has 2 rings (SSSR count). The van der Waals surface area contributed by atoms with E-state index in [0.717, 1.165) is 25.9 Å². The van der Waals surface area contributed by atoms with E-state index in [1.54, 1.807) is 6.20 Å². The minimum absolute atomic E-state index is 0.0777. The zero-order valence-corrected chi connectivity index (χ0v) is 11.2. The summed E-state index contributed by atoms with van der Waals surface area (Å²) in [5.41, 5.74) is 0.742. The van der Waals surface area contributed by atoms with E-state index in [0.29, 0.717) is 16.1 Å². The summed E-state index contributed by atoms with van der Waals surface area (Å²) >= 11 is 3.36. The lowest BCUT2D eigenvalue weighted by Crippen LogP contribution is -2.33. The van der Waals surface area contributed by atoms with Crippen LogP contribution >= 0.6 is 15.9 Å². The first-order valence-corrected chi connectivity index (χ1v) is 6.41. The van der Waals surface area contributed by atoms with E-state index in [-0.39, 0.29) is 10.6 Å². The predicted octanol–water partition coefficient (Wildman–Crippen LogP) is 2.99. The Bertz CT molecular complexity index is 431. The third kappa shape index (κ3) is 2.57. The van der Waals surface area contributed by atoms with Gasteiger partial charge in [-0.2, -0.15) is 0 Å². The third-order valence-electron chi connectivity index (χ3n) is 3.15. The maximum atomic E-state index is 11.0. The number of hydrogen-bond donors (Lipinski definition) is 0. The van der Waals surface area contributed by atoms with Crippen LogP contribution < -0.4 is 4.90 Å². The first-order chi connectivity index (χ1) is 8.09. The summed E-state index contributed by atoms with van der Waals surface area (Å²) in [6, 6.07) is 0. The molecule has 0 saturated carbocycles. The number of pyridine rings is 1. The molecule has 0 aromatic carbocycles. The molecule has 0 unspecified atom stereocenters. The molecule has 0 spiro atoms. The van der Waals surface area contributed by atoms with Crippen LogP contribution in [0.3, 0.4) is 0 Å². The van der Waals surface area contributed by atoms with Crippen molar-refractivity contribution in [2.24, 2.45) is 5.92 Å². The molecule has 1 aliphatic rings. The molecule has 1 aliphatic heterocycles. The highest BCUT2D eigenvalue weighted by Crippen LogP contribution is 2.36. The molecule has 6 heteroatoms. The highest BCUT2D eigenvalue weighted by Gasteiger charge is 2.25. The fraction of sp³-hybridized carbons (Fsp3) is 0.545. The number of nitro groups is 1. The minimum atomic E-state index is -0.370. The van der Waals surface area contributed by atoms with E-state index in [4.69, 9.17) is 0 Å². The second-order valence-electron chi connectivity index (χ2n) is 4.42. The first kappa shape index (κ1) is 12.3. The maximum Gasteiger partial charge on any atom is 0.311 e. The van der Waals surface area contributed by atoms with Gasteiger partial charge in [-0.15, -0.1) is 0 Å². The maximum absolute atomic E-state index is 11.0. The van der Waals surface area contributed by atoms with Gasteiger partial charge < -0.3 is 4.90 Å². The highest BCUT2D eigenvalue weighted by atomic mass is 79.9. The Labute approximate surface area is 108 Å². The lowest BCUT2D eigenvalue weighted by atomic mass is 9.99. The van der Waals surface area contributed by atoms with Crippen molar-refractivity contribution in [3.63, 3.8) is 0 Å². The Morgan fingerprint density at radius 3 is 2.71 bits per heavy atom. The molecular formula is C11H14BrN3O2. The summed E-state index contributed by atoms with van der Waals surface area (Å²) in [5, 5.41) is 11.0. The van der Waals surface area contributed by atoms with Crippen molar-refractivity contribution in [3.05, 3.63) is 27.0 Å². The fourth-order valence-electron chi connectivity index (χ4n) is 2.10. The van der Waals surface area contributed by atoms with Crippen molar-refractivity contribution in [2.45, 2.75) is 19.8 Å². The third-order valence-corrected chi connectivity index (χ3v) is 3.73. The van der Waals surface area contributed by atoms with Crippen LogP contribution in [0.4, 0.5) is 11.4 Å². The van der Waals surface area contributed by atoms with Crippen LogP contribution in [0.2, 0.25) is 0 Å². The summed E-state index contributed by atoms with van der Waals surface area (Å²) in [6.07, 6.45) is 5.08. The Kier molecular flexibility index (Phi) is 3.61. The lowest BCUT2D eigenvalue weighted by Gasteiger charge is -2.32. The van der Waals surface area contributed by atoms with E-state index < -0.39 is 0 Å². The second kappa shape index (κ2) is 5.00. The molecule has 0 bridgehead atoms. The van der Waals surface area contributed by atoms with Crippen LogP contribution in [0.5, 0.6) is 0 Å². The Morgan fingerprint density at radius 1 is 1.47 bits per heavy atom. The molecule has 0 aliphatic carbocycles. The van der Waals surface area contributed by atoms with E-state index >= 15 is 0 Å². The van der Waals surface area contributed by atoms with Crippen LogP contribution in [0.15, 0.2) is 16.9 Å². The molecule has 17 heavy (non-hydrogen) atoms. The van der Waals surface area contributed by atoms with Gasteiger partial charge in [-0.1, -0.05) is 6.92 Å². The lowest BCUT2D eigenvalue weighted by molar-refractivity contribution is -0.384. The van der Waals surface area contributed by atoms with Gasteiger partial charge in [0.1, 0.15) is 11.9 Å². The number of nitrogens with zero attached hydrogens (tertiary/aromatic N) is 3. The van der Waals surface area contributed by atoms with Crippen molar-refractivity contribution in [2.75, 3.05) is 18.0 Å². The summed E-state index contributed by atoms with van der Waals surface area (Å²) in [4.78, 5) is 16.6. The summed E-state index contributed by atoms with van der Waals surface area (Å²) in [7, 11) is 0. The van der Waals surface area contributed by atoms with Crippen LogP contribution in [-0.2, 0) is 0 Å². The molecule has 2 heterocycles. The van der Waals surface area contributed by atoms with Crippen molar-refractivity contribution < 1.29 is 4.92 Å². The molecule has 0 radical (unpaired) electrons. The second-order valence-corrected chi connectivity index (χ2v) is 5.27. The molecule has 0 N–H and O–H groups in total. The highest BCUT2D eigenvalue weighted by molar-refractivity contribution is 9.10. The number of halogens is 1. The normalized spacial score (nSPS) is 17.2. The van der Waals surface area contributed by atoms with Gasteiger partial charge in [0.15, 0.2) is 0 Å². The molecule has 1 aromatic heterocycles. The quantitative estimate of drug-likeness (QED) is 0.622. The molecule has 0 amide bonds. The molecule has 1 aromatic rings. The Balaban J connectivity index is 2.33. The zero-order valence-electron chi connectivity index (χ0n) is 9.60. The van der Waals surface area contributed by atoms with Gasteiger partial charge in [-0.25, -0.2) is 0 Å². The standard InChI is InChI=1S/C11H14BrN3O2/c1-8-2-4-14(5-3-8)11-9(12)6-13-7-10(11)15(16)17/h6-8H,2-5H2,1H3. The monoisotopic (exact) mass is 299 g/mol. The van der Waals surface area contributed by atoms with E-state index in [2.05, 4.69) is 32.7 Å². The van der Waals surface area contributed by atoms with E-state index in [1.165, 1.54) is 6.20 Å². The van der Waals surface area contributed by atoms with Gasteiger partial charge >= 0.3 is 5.69 Å². The predicted molar refractivity (Wildman–Crippen MR) is 69.2 cm³/mol. The summed E-state index contributed by atoms with van der Waals surface area (Å²) in [6.45, 7) is 3.95. The number of anilines is 1. The molecule has 1 fully saturated rings. The summed E-state index contributed by atoms with van der Waals surface area (Å²) in [5.74, 6) is 0.700. The van der Waals surface area contributed by atoms with Gasteiger partial charge in [-0.3, -0.25) is 15.1 Å². The number of rotatable bonds is 2. The van der Waals surface area contributed by atoms with Crippen LogP contribution in [0.1, 0.15) is 19.8 Å². The smallest absolute Gasteiger partial charge is 0.311 e. The number of hydrogen-bond acceptors (Lipinski definition) is 4. The largest absolute Gasteiger partial charge is 0.365 e. The molecule has 92 valence electrons. The van der Waals surface area contributed by atoms with Gasteiger partial charge in [0.25, 0.3) is 0 Å². The molecule has 0 atom stereocenters. The Morgan fingerprint density at radius 2 is 2.12 bits per heavy atom. The molecule has 1 saturated heterocycles. The van der Waals surface area contributed by atoms with Crippen molar-refractivity contribution in [3.8, 4) is 0 Å². The fourth-order valence-corrected chi connectivity index (χ4v) is 2.67. The SMILES string of the molecule is CC1CCN(c2c(Br)cncc2[N+](=O)[O-])CC1. The van der Waals surface area contributed by atoms with Crippen LogP contribution in [0, 0.1) is 16.0 Å². The zero-order chi connectivity index (χ0) is 12.4. The average Bonchev–Trinajstić information content (AvgIpc) is 2.30. The molecule has 5 nitrogen and oxygen atoms in total. The topological polar surface area (TPSA) is 59.3 Å². The number of piperidine rings is 1. The number of aromatic nitrogens is 1. The van der Waals surface area contributed by atoms with Gasteiger partial charge in [0.05, 0.1) is 9.40 Å². The van der Waals surface area contributed by atoms with Crippen LogP contribution in [0.25, 0.3) is 0 Å². The van der Waals surface area contributed by atoms with Gasteiger partial charge in [0, 0.05) is 19.3 Å². The minimum Gasteiger partial charge on any atom is -0.365 e. The van der Waals surface area contributed by atoms with Crippen molar-refractivity contribution in [1.82, 2.24) is 4.98 Å². The summed E-state index contributed by atoms with van der Waals surface area (Å²) < 4.78 is 0.696. The van der Waals surface area contributed by atoms with Crippen molar-refractivity contribution in [1.29, 1.82) is 0 Å².